The third kappa shape index (κ3) is 3.36. The number of benzene rings is 2. The van der Waals surface area contributed by atoms with Crippen molar-refractivity contribution in [2.24, 2.45) is 0 Å². The minimum atomic E-state index is -0.198. The van der Waals surface area contributed by atoms with Crippen LogP contribution in [-0.4, -0.2) is 13.2 Å². The molecule has 0 aliphatic heterocycles. The molecule has 0 spiro atoms. The van der Waals surface area contributed by atoms with Gasteiger partial charge in [-0.3, -0.25) is 0 Å². The highest BCUT2D eigenvalue weighted by molar-refractivity contribution is 5.70. The molecule has 0 aromatic heterocycles. The molecule has 0 radical (unpaired) electrons. The second-order valence-electron chi connectivity index (χ2n) is 5.00. The fourth-order valence-corrected chi connectivity index (χ4v) is 2.11. The van der Waals surface area contributed by atoms with Crippen LogP contribution in [0.4, 0.5) is 4.39 Å². The smallest absolute Gasteiger partial charge is 0.128 e. The first kappa shape index (κ1) is 14.5. The highest BCUT2D eigenvalue weighted by Gasteiger charge is 2.10. The lowest BCUT2D eigenvalue weighted by atomic mass is 10.0. The van der Waals surface area contributed by atoms with Gasteiger partial charge in [0.2, 0.25) is 0 Å². The Kier molecular flexibility index (Phi) is 4.74. The van der Waals surface area contributed by atoms with Crippen LogP contribution in [0, 0.1) is 5.82 Å². The van der Waals surface area contributed by atoms with Crippen LogP contribution in [0.2, 0.25) is 0 Å². The molecule has 0 unspecified atom stereocenters. The van der Waals surface area contributed by atoms with Gasteiger partial charge in [-0.15, -0.1) is 0 Å². The lowest BCUT2D eigenvalue weighted by Crippen LogP contribution is -2.07. The number of rotatable bonds is 5. The Hall–Kier alpha value is -1.87. The summed E-state index contributed by atoms with van der Waals surface area (Å²) in [4.78, 5) is 0. The Morgan fingerprint density at radius 1 is 1.15 bits per heavy atom. The molecule has 2 aromatic carbocycles. The van der Waals surface area contributed by atoms with Crippen molar-refractivity contribution < 1.29 is 9.13 Å². The van der Waals surface area contributed by atoms with Gasteiger partial charge in [-0.2, -0.15) is 0 Å². The molecule has 2 aromatic rings. The molecule has 2 nitrogen and oxygen atoms in total. The maximum absolute atomic E-state index is 14.0. The number of ether oxygens (including phenoxy) is 1. The Morgan fingerprint density at radius 2 is 1.90 bits per heavy atom. The van der Waals surface area contributed by atoms with Gasteiger partial charge in [0.05, 0.1) is 6.10 Å². The third-order valence-electron chi connectivity index (χ3n) is 2.98. The molecule has 0 amide bonds. The lowest BCUT2D eigenvalue weighted by Gasteiger charge is -2.15. The SMILES string of the molecule is CNCc1ccc(-c2ccccc2OC(C)C)cc1F. The second kappa shape index (κ2) is 6.53. The van der Waals surface area contributed by atoms with Crippen LogP contribution in [0.25, 0.3) is 11.1 Å². The van der Waals surface area contributed by atoms with Crippen LogP contribution < -0.4 is 10.1 Å². The Balaban J connectivity index is 2.39. The molecular formula is C17H20FNO. The van der Waals surface area contributed by atoms with E-state index in [0.717, 1.165) is 16.9 Å². The first-order chi connectivity index (χ1) is 9.61. The monoisotopic (exact) mass is 273 g/mol. The fraction of sp³-hybridized carbons (Fsp3) is 0.294. The van der Waals surface area contributed by atoms with E-state index in [9.17, 15) is 4.39 Å². The minimum absolute atomic E-state index is 0.0876. The summed E-state index contributed by atoms with van der Waals surface area (Å²) >= 11 is 0. The van der Waals surface area contributed by atoms with Crippen LogP contribution in [0.3, 0.4) is 0 Å². The van der Waals surface area contributed by atoms with Crippen molar-refractivity contribution >= 4 is 0 Å². The molecular weight excluding hydrogens is 253 g/mol. The number of hydrogen-bond acceptors (Lipinski definition) is 2. The van der Waals surface area contributed by atoms with E-state index in [1.807, 2.05) is 50.2 Å². The van der Waals surface area contributed by atoms with Crippen LogP contribution in [0.5, 0.6) is 5.75 Å². The van der Waals surface area contributed by atoms with Crippen LogP contribution in [-0.2, 0) is 6.54 Å². The van der Waals surface area contributed by atoms with Gasteiger partial charge in [-0.25, -0.2) is 4.39 Å². The van der Waals surface area contributed by atoms with Crippen LogP contribution >= 0.6 is 0 Å². The number of para-hydroxylation sites is 1. The number of hydrogen-bond donors (Lipinski definition) is 1. The average molecular weight is 273 g/mol. The van der Waals surface area contributed by atoms with Crippen molar-refractivity contribution in [1.29, 1.82) is 0 Å². The van der Waals surface area contributed by atoms with E-state index in [2.05, 4.69) is 5.32 Å². The third-order valence-corrected chi connectivity index (χ3v) is 2.98. The van der Waals surface area contributed by atoms with Crippen molar-refractivity contribution in [2.45, 2.75) is 26.5 Å². The van der Waals surface area contributed by atoms with E-state index in [-0.39, 0.29) is 11.9 Å². The Bertz CT molecular complexity index is 581. The van der Waals surface area contributed by atoms with E-state index in [1.54, 1.807) is 13.1 Å². The quantitative estimate of drug-likeness (QED) is 0.889. The first-order valence-corrected chi connectivity index (χ1v) is 6.81. The molecule has 1 N–H and O–H groups in total. The molecule has 0 bridgehead atoms. The summed E-state index contributed by atoms with van der Waals surface area (Å²) in [6.45, 7) is 4.48. The molecule has 3 heteroatoms. The van der Waals surface area contributed by atoms with Crippen molar-refractivity contribution in [3.8, 4) is 16.9 Å². The number of halogens is 1. The predicted octanol–water partition coefficient (Wildman–Crippen LogP) is 4.00. The fourth-order valence-electron chi connectivity index (χ4n) is 2.11. The molecule has 0 saturated carbocycles. The maximum Gasteiger partial charge on any atom is 0.128 e. The molecule has 0 saturated heterocycles. The highest BCUT2D eigenvalue weighted by Crippen LogP contribution is 2.31. The van der Waals surface area contributed by atoms with E-state index in [1.165, 1.54) is 0 Å². The van der Waals surface area contributed by atoms with E-state index >= 15 is 0 Å². The van der Waals surface area contributed by atoms with Gasteiger partial charge in [-0.05, 0) is 38.6 Å². The minimum Gasteiger partial charge on any atom is -0.490 e. The highest BCUT2D eigenvalue weighted by atomic mass is 19.1. The normalized spacial score (nSPS) is 10.8. The summed E-state index contributed by atoms with van der Waals surface area (Å²) in [5, 5.41) is 2.96. The predicted molar refractivity (Wildman–Crippen MR) is 80.4 cm³/mol. The Morgan fingerprint density at radius 3 is 2.55 bits per heavy atom. The van der Waals surface area contributed by atoms with Gasteiger partial charge in [0.25, 0.3) is 0 Å². The Labute approximate surface area is 119 Å². The topological polar surface area (TPSA) is 21.3 Å². The van der Waals surface area contributed by atoms with Crippen molar-refractivity contribution in [2.75, 3.05) is 7.05 Å². The summed E-state index contributed by atoms with van der Waals surface area (Å²) in [7, 11) is 1.80. The lowest BCUT2D eigenvalue weighted by molar-refractivity contribution is 0.243. The summed E-state index contributed by atoms with van der Waals surface area (Å²) in [5.41, 5.74) is 2.41. The summed E-state index contributed by atoms with van der Waals surface area (Å²) in [5.74, 6) is 0.583. The van der Waals surface area contributed by atoms with Crippen molar-refractivity contribution in [3.63, 3.8) is 0 Å². The number of nitrogens with one attached hydrogen (secondary N) is 1. The molecule has 0 heterocycles. The zero-order chi connectivity index (χ0) is 14.5. The maximum atomic E-state index is 14.0. The van der Waals surface area contributed by atoms with Gasteiger partial charge in [-0.1, -0.05) is 30.3 Å². The van der Waals surface area contributed by atoms with E-state index in [0.29, 0.717) is 12.1 Å². The molecule has 2 rings (SSSR count). The van der Waals surface area contributed by atoms with Crippen LogP contribution in [0.15, 0.2) is 42.5 Å². The largest absolute Gasteiger partial charge is 0.490 e. The van der Waals surface area contributed by atoms with Crippen LogP contribution in [0.1, 0.15) is 19.4 Å². The summed E-state index contributed by atoms with van der Waals surface area (Å²) < 4.78 is 19.8. The molecule has 0 fully saturated rings. The average Bonchev–Trinajstić information content (AvgIpc) is 2.41. The second-order valence-corrected chi connectivity index (χ2v) is 5.00. The first-order valence-electron chi connectivity index (χ1n) is 6.81. The van der Waals surface area contributed by atoms with Gasteiger partial charge in [0, 0.05) is 17.7 Å². The van der Waals surface area contributed by atoms with Gasteiger partial charge >= 0.3 is 0 Å². The summed E-state index contributed by atoms with van der Waals surface area (Å²) in [6.07, 6.45) is 0.0876. The van der Waals surface area contributed by atoms with Gasteiger partial charge in [0.15, 0.2) is 0 Å². The molecule has 0 aliphatic carbocycles. The zero-order valence-electron chi connectivity index (χ0n) is 12.1. The molecule has 0 aliphatic rings. The van der Waals surface area contributed by atoms with E-state index < -0.39 is 0 Å². The molecule has 20 heavy (non-hydrogen) atoms. The van der Waals surface area contributed by atoms with Crippen molar-refractivity contribution in [3.05, 3.63) is 53.8 Å². The van der Waals surface area contributed by atoms with E-state index in [4.69, 9.17) is 4.74 Å². The standard InChI is InChI=1S/C17H20FNO/c1-12(2)20-17-7-5-4-6-15(17)13-8-9-14(11-19-3)16(18)10-13/h4-10,12,19H,11H2,1-3H3. The molecule has 0 atom stereocenters. The molecule has 106 valence electrons. The van der Waals surface area contributed by atoms with Gasteiger partial charge < -0.3 is 10.1 Å². The van der Waals surface area contributed by atoms with Gasteiger partial charge in [0.1, 0.15) is 11.6 Å². The zero-order valence-corrected chi connectivity index (χ0v) is 12.1. The van der Waals surface area contributed by atoms with Crippen molar-refractivity contribution in [1.82, 2.24) is 5.32 Å². The summed E-state index contributed by atoms with van der Waals surface area (Å²) in [6, 6.07) is 13.0.